The van der Waals surface area contributed by atoms with Crippen molar-refractivity contribution in [2.45, 2.75) is 6.42 Å². The SMILES string of the molecule is C1=CCC=C(N2CCNCC2)C=C1. The van der Waals surface area contributed by atoms with Gasteiger partial charge in [-0.15, -0.1) is 0 Å². The summed E-state index contributed by atoms with van der Waals surface area (Å²) in [6.07, 6.45) is 12.0. The Morgan fingerprint density at radius 1 is 1.15 bits per heavy atom. The van der Waals surface area contributed by atoms with Crippen LogP contribution in [-0.2, 0) is 0 Å². The van der Waals surface area contributed by atoms with Crippen molar-refractivity contribution in [3.63, 3.8) is 0 Å². The molecule has 2 heteroatoms. The molecular weight excluding hydrogens is 160 g/mol. The van der Waals surface area contributed by atoms with Gasteiger partial charge in [0.05, 0.1) is 0 Å². The van der Waals surface area contributed by atoms with Gasteiger partial charge in [-0.1, -0.05) is 24.3 Å². The van der Waals surface area contributed by atoms with Crippen LogP contribution in [0.2, 0.25) is 0 Å². The third-order valence-corrected chi connectivity index (χ3v) is 2.46. The summed E-state index contributed by atoms with van der Waals surface area (Å²) in [5.41, 5.74) is 1.38. The third kappa shape index (κ3) is 2.22. The van der Waals surface area contributed by atoms with Crippen molar-refractivity contribution in [2.75, 3.05) is 26.2 Å². The van der Waals surface area contributed by atoms with Crippen molar-refractivity contribution < 1.29 is 0 Å². The molecule has 1 fully saturated rings. The summed E-state index contributed by atoms with van der Waals surface area (Å²) in [6.45, 7) is 4.49. The van der Waals surface area contributed by atoms with Crippen LogP contribution < -0.4 is 5.32 Å². The Morgan fingerprint density at radius 2 is 2.00 bits per heavy atom. The molecule has 0 unspecified atom stereocenters. The number of hydrogen-bond acceptors (Lipinski definition) is 2. The van der Waals surface area contributed by atoms with Crippen LogP contribution in [0.5, 0.6) is 0 Å². The van der Waals surface area contributed by atoms with E-state index in [1.807, 2.05) is 0 Å². The Labute approximate surface area is 79.6 Å². The van der Waals surface area contributed by atoms with Crippen LogP contribution in [0.3, 0.4) is 0 Å². The molecule has 1 saturated heterocycles. The van der Waals surface area contributed by atoms with E-state index in [2.05, 4.69) is 40.6 Å². The molecule has 0 atom stereocenters. The average molecular weight is 176 g/mol. The van der Waals surface area contributed by atoms with Crippen molar-refractivity contribution >= 4 is 0 Å². The Bertz CT molecular complexity index is 245. The number of allylic oxidation sites excluding steroid dienone is 5. The molecule has 0 aromatic heterocycles. The molecule has 70 valence electrons. The second-order valence-corrected chi connectivity index (χ2v) is 3.39. The lowest BCUT2D eigenvalue weighted by atomic mass is 10.2. The highest BCUT2D eigenvalue weighted by atomic mass is 15.2. The van der Waals surface area contributed by atoms with Gasteiger partial charge in [0, 0.05) is 31.9 Å². The molecule has 1 aliphatic carbocycles. The zero-order chi connectivity index (χ0) is 8.93. The van der Waals surface area contributed by atoms with Gasteiger partial charge < -0.3 is 10.2 Å². The van der Waals surface area contributed by atoms with E-state index in [9.17, 15) is 0 Å². The maximum atomic E-state index is 3.36. The van der Waals surface area contributed by atoms with Crippen LogP contribution in [0.4, 0.5) is 0 Å². The molecule has 0 amide bonds. The Morgan fingerprint density at radius 3 is 2.85 bits per heavy atom. The molecule has 0 aromatic rings. The van der Waals surface area contributed by atoms with Gasteiger partial charge in [0.1, 0.15) is 0 Å². The monoisotopic (exact) mass is 176 g/mol. The largest absolute Gasteiger partial charge is 0.369 e. The number of rotatable bonds is 1. The predicted octanol–water partition coefficient (Wildman–Crippen LogP) is 1.29. The van der Waals surface area contributed by atoms with Crippen molar-refractivity contribution in [1.29, 1.82) is 0 Å². The maximum Gasteiger partial charge on any atom is 0.0329 e. The van der Waals surface area contributed by atoms with Crippen LogP contribution in [0.25, 0.3) is 0 Å². The first-order valence-electron chi connectivity index (χ1n) is 4.96. The van der Waals surface area contributed by atoms with E-state index in [0.29, 0.717) is 0 Å². The summed E-state index contributed by atoms with van der Waals surface area (Å²) < 4.78 is 0. The molecule has 0 spiro atoms. The molecule has 2 nitrogen and oxygen atoms in total. The number of nitrogens with zero attached hydrogens (tertiary/aromatic N) is 1. The molecule has 0 aromatic carbocycles. The lowest BCUT2D eigenvalue weighted by Crippen LogP contribution is -2.42. The third-order valence-electron chi connectivity index (χ3n) is 2.46. The van der Waals surface area contributed by atoms with Gasteiger partial charge in [0.25, 0.3) is 0 Å². The van der Waals surface area contributed by atoms with E-state index in [4.69, 9.17) is 0 Å². The van der Waals surface area contributed by atoms with Crippen molar-refractivity contribution in [3.05, 3.63) is 36.1 Å². The standard InChI is InChI=1S/C11H16N2/c1-2-4-6-11(5-3-1)13-9-7-12-8-10-13/h1-3,5-6,12H,4,7-10H2. The van der Waals surface area contributed by atoms with Gasteiger partial charge in [0.15, 0.2) is 0 Å². The highest BCUT2D eigenvalue weighted by Crippen LogP contribution is 2.11. The molecule has 1 heterocycles. The van der Waals surface area contributed by atoms with E-state index >= 15 is 0 Å². The smallest absolute Gasteiger partial charge is 0.0329 e. The van der Waals surface area contributed by atoms with E-state index in [-0.39, 0.29) is 0 Å². The Hall–Kier alpha value is -1.02. The molecule has 2 aliphatic rings. The molecule has 0 bridgehead atoms. The fraction of sp³-hybridized carbons (Fsp3) is 0.455. The van der Waals surface area contributed by atoms with Crippen molar-refractivity contribution in [1.82, 2.24) is 10.2 Å². The van der Waals surface area contributed by atoms with Gasteiger partial charge >= 0.3 is 0 Å². The number of nitrogens with one attached hydrogen (secondary N) is 1. The second-order valence-electron chi connectivity index (χ2n) is 3.39. The molecule has 0 saturated carbocycles. The zero-order valence-corrected chi connectivity index (χ0v) is 7.87. The fourth-order valence-corrected chi connectivity index (χ4v) is 1.73. The summed E-state index contributed by atoms with van der Waals surface area (Å²) in [7, 11) is 0. The predicted molar refractivity (Wildman–Crippen MR) is 55.4 cm³/mol. The molecule has 13 heavy (non-hydrogen) atoms. The minimum atomic E-state index is 1.06. The summed E-state index contributed by atoms with van der Waals surface area (Å²) in [5.74, 6) is 0. The molecular formula is C11H16N2. The highest BCUT2D eigenvalue weighted by molar-refractivity contribution is 5.25. The van der Waals surface area contributed by atoms with Gasteiger partial charge in [-0.2, -0.15) is 0 Å². The molecule has 1 aliphatic heterocycles. The normalized spacial score (nSPS) is 22.8. The van der Waals surface area contributed by atoms with E-state index < -0.39 is 0 Å². The summed E-state index contributed by atoms with van der Waals surface area (Å²) in [5, 5.41) is 3.36. The summed E-state index contributed by atoms with van der Waals surface area (Å²) in [4.78, 5) is 2.44. The summed E-state index contributed by atoms with van der Waals surface area (Å²) >= 11 is 0. The molecule has 0 radical (unpaired) electrons. The topological polar surface area (TPSA) is 15.3 Å². The zero-order valence-electron chi connectivity index (χ0n) is 7.87. The number of hydrogen-bond donors (Lipinski definition) is 1. The van der Waals surface area contributed by atoms with Gasteiger partial charge in [-0.05, 0) is 12.5 Å². The van der Waals surface area contributed by atoms with E-state index in [0.717, 1.165) is 32.6 Å². The Kier molecular flexibility index (Phi) is 2.82. The van der Waals surface area contributed by atoms with Crippen LogP contribution in [-0.4, -0.2) is 31.1 Å². The maximum absolute atomic E-state index is 3.36. The molecule has 1 N–H and O–H groups in total. The van der Waals surface area contributed by atoms with Gasteiger partial charge in [0.2, 0.25) is 0 Å². The number of piperazine rings is 1. The van der Waals surface area contributed by atoms with Crippen LogP contribution in [0.15, 0.2) is 36.1 Å². The van der Waals surface area contributed by atoms with E-state index in [1.54, 1.807) is 0 Å². The van der Waals surface area contributed by atoms with Gasteiger partial charge in [-0.25, -0.2) is 0 Å². The average Bonchev–Trinajstić information content (AvgIpc) is 2.47. The minimum Gasteiger partial charge on any atom is -0.369 e. The fourth-order valence-electron chi connectivity index (χ4n) is 1.73. The second kappa shape index (κ2) is 4.28. The first kappa shape index (κ1) is 8.57. The van der Waals surface area contributed by atoms with Gasteiger partial charge in [-0.3, -0.25) is 0 Å². The van der Waals surface area contributed by atoms with Crippen molar-refractivity contribution in [3.8, 4) is 0 Å². The lowest BCUT2D eigenvalue weighted by molar-refractivity contribution is 0.307. The Balaban J connectivity index is 2.02. The quantitative estimate of drug-likeness (QED) is 0.647. The highest BCUT2D eigenvalue weighted by Gasteiger charge is 2.10. The van der Waals surface area contributed by atoms with Crippen LogP contribution in [0.1, 0.15) is 6.42 Å². The van der Waals surface area contributed by atoms with Crippen LogP contribution >= 0.6 is 0 Å². The van der Waals surface area contributed by atoms with Crippen LogP contribution in [0, 0.1) is 0 Å². The molecule has 2 rings (SSSR count). The minimum absolute atomic E-state index is 1.06. The first-order chi connectivity index (χ1) is 6.47. The summed E-state index contributed by atoms with van der Waals surface area (Å²) in [6, 6.07) is 0. The van der Waals surface area contributed by atoms with Crippen molar-refractivity contribution in [2.24, 2.45) is 0 Å². The van der Waals surface area contributed by atoms with E-state index in [1.165, 1.54) is 5.70 Å². The lowest BCUT2D eigenvalue weighted by Gasteiger charge is -2.30. The first-order valence-corrected chi connectivity index (χ1v) is 4.96.